The van der Waals surface area contributed by atoms with E-state index in [-0.39, 0.29) is 30.8 Å². The van der Waals surface area contributed by atoms with Gasteiger partial charge in [0.1, 0.15) is 23.9 Å². The minimum absolute atomic E-state index is 0.234. The molecule has 4 rings (SSSR count). The van der Waals surface area contributed by atoms with Gasteiger partial charge in [0, 0.05) is 11.4 Å². The van der Waals surface area contributed by atoms with Gasteiger partial charge >= 0.3 is 0 Å². The summed E-state index contributed by atoms with van der Waals surface area (Å²) in [6, 6.07) is 1.63. The van der Waals surface area contributed by atoms with Gasteiger partial charge in [-0.15, -0.1) is 0 Å². The molecule has 0 spiro atoms. The summed E-state index contributed by atoms with van der Waals surface area (Å²) in [6.45, 7) is 6.17. The highest BCUT2D eigenvalue weighted by Gasteiger charge is 2.47. The number of aryl methyl sites for hydroxylation is 3. The van der Waals surface area contributed by atoms with Crippen molar-refractivity contribution in [2.75, 3.05) is 13.2 Å². The standard InChI is InChI=1S/C16H20N4O4/c1-7-4-8(2)20-15(17-7)12(9(3)19-20)16(22)18-10-5-23-14-11(21)6-24-13(10)14/h4,10-11,13-14,21H,5-6H2,1-3H3,(H,18,22)/t10-,11-,13-,14-/m1/s1. The molecule has 1 amide bonds. The van der Waals surface area contributed by atoms with E-state index in [2.05, 4.69) is 15.4 Å². The highest BCUT2D eigenvalue weighted by atomic mass is 16.6. The molecule has 128 valence electrons. The molecule has 0 aromatic carbocycles. The second-order valence-electron chi connectivity index (χ2n) is 6.48. The Hall–Kier alpha value is -2.03. The summed E-state index contributed by atoms with van der Waals surface area (Å²) in [5.74, 6) is -0.251. The largest absolute Gasteiger partial charge is 0.388 e. The van der Waals surface area contributed by atoms with Crippen molar-refractivity contribution in [2.45, 2.75) is 45.1 Å². The minimum atomic E-state index is -0.636. The predicted molar refractivity (Wildman–Crippen MR) is 83.9 cm³/mol. The van der Waals surface area contributed by atoms with E-state index in [4.69, 9.17) is 9.47 Å². The summed E-state index contributed by atoms with van der Waals surface area (Å²) in [5, 5.41) is 17.2. The smallest absolute Gasteiger partial charge is 0.257 e. The number of nitrogens with one attached hydrogen (secondary N) is 1. The molecule has 0 bridgehead atoms. The van der Waals surface area contributed by atoms with Gasteiger partial charge in [0.2, 0.25) is 0 Å². The lowest BCUT2D eigenvalue weighted by Crippen LogP contribution is -2.44. The van der Waals surface area contributed by atoms with Crippen LogP contribution in [0.2, 0.25) is 0 Å². The number of hydrogen-bond donors (Lipinski definition) is 2. The third-order valence-electron chi connectivity index (χ3n) is 4.64. The van der Waals surface area contributed by atoms with Crippen LogP contribution in [-0.4, -0.2) is 63.2 Å². The van der Waals surface area contributed by atoms with Crippen LogP contribution in [0.25, 0.3) is 5.65 Å². The van der Waals surface area contributed by atoms with Crippen molar-refractivity contribution in [3.63, 3.8) is 0 Å². The van der Waals surface area contributed by atoms with Crippen molar-refractivity contribution < 1.29 is 19.4 Å². The molecule has 0 radical (unpaired) electrons. The first-order chi connectivity index (χ1) is 11.5. The zero-order valence-electron chi connectivity index (χ0n) is 13.8. The van der Waals surface area contributed by atoms with Crippen LogP contribution in [0, 0.1) is 20.8 Å². The summed E-state index contributed by atoms with van der Waals surface area (Å²) in [5.41, 5.74) is 3.39. The molecule has 24 heavy (non-hydrogen) atoms. The van der Waals surface area contributed by atoms with Crippen molar-refractivity contribution >= 4 is 11.6 Å². The topological polar surface area (TPSA) is 98.0 Å². The van der Waals surface area contributed by atoms with Crippen molar-refractivity contribution in [1.29, 1.82) is 0 Å². The first-order valence-electron chi connectivity index (χ1n) is 8.01. The number of nitrogens with zero attached hydrogens (tertiary/aromatic N) is 3. The summed E-state index contributed by atoms with van der Waals surface area (Å²) < 4.78 is 12.8. The van der Waals surface area contributed by atoms with Gasteiger partial charge in [-0.25, -0.2) is 9.50 Å². The molecule has 2 aliphatic heterocycles. The van der Waals surface area contributed by atoms with Crippen LogP contribution in [0.15, 0.2) is 6.07 Å². The number of carbonyl (C=O) groups is 1. The molecule has 2 aliphatic rings. The highest BCUT2D eigenvalue weighted by molar-refractivity contribution is 6.01. The summed E-state index contributed by atoms with van der Waals surface area (Å²) >= 11 is 0. The molecule has 0 aliphatic carbocycles. The first kappa shape index (κ1) is 15.5. The maximum absolute atomic E-state index is 12.8. The van der Waals surface area contributed by atoms with E-state index in [0.29, 0.717) is 23.5 Å². The Morgan fingerprint density at radius 2 is 2.04 bits per heavy atom. The van der Waals surface area contributed by atoms with E-state index >= 15 is 0 Å². The van der Waals surface area contributed by atoms with E-state index in [1.807, 2.05) is 19.9 Å². The average Bonchev–Trinajstić information content (AvgIpc) is 3.16. The predicted octanol–water partition coefficient (Wildman–Crippen LogP) is -0.0885. The lowest BCUT2D eigenvalue weighted by Gasteiger charge is -2.17. The van der Waals surface area contributed by atoms with E-state index in [1.165, 1.54) is 0 Å². The monoisotopic (exact) mass is 332 g/mol. The maximum atomic E-state index is 12.8. The van der Waals surface area contributed by atoms with Gasteiger partial charge in [0.05, 0.1) is 24.9 Å². The van der Waals surface area contributed by atoms with Gasteiger partial charge in [-0.2, -0.15) is 5.10 Å². The lowest BCUT2D eigenvalue weighted by atomic mass is 10.1. The SMILES string of the molecule is Cc1cc(C)n2nc(C)c(C(=O)N[C@@H]3CO[C@H]4[C@@H]3OC[C@H]4O)c2n1. The number of amides is 1. The number of rotatable bonds is 2. The van der Waals surface area contributed by atoms with E-state index in [9.17, 15) is 9.90 Å². The van der Waals surface area contributed by atoms with Crippen LogP contribution in [0.5, 0.6) is 0 Å². The number of hydrogen-bond acceptors (Lipinski definition) is 6. The fraction of sp³-hybridized carbons (Fsp3) is 0.562. The Bertz CT molecular complexity index is 818. The van der Waals surface area contributed by atoms with Crippen molar-refractivity contribution in [1.82, 2.24) is 19.9 Å². The van der Waals surface area contributed by atoms with Crippen LogP contribution in [0.3, 0.4) is 0 Å². The van der Waals surface area contributed by atoms with Gasteiger partial charge in [0.15, 0.2) is 5.65 Å². The maximum Gasteiger partial charge on any atom is 0.257 e. The molecule has 0 unspecified atom stereocenters. The molecule has 2 saturated heterocycles. The van der Waals surface area contributed by atoms with Crippen molar-refractivity contribution in [3.8, 4) is 0 Å². The van der Waals surface area contributed by atoms with Gasteiger partial charge in [-0.3, -0.25) is 4.79 Å². The van der Waals surface area contributed by atoms with E-state index in [1.54, 1.807) is 11.4 Å². The molecule has 2 aromatic rings. The molecule has 2 fully saturated rings. The first-order valence-corrected chi connectivity index (χ1v) is 8.01. The van der Waals surface area contributed by atoms with E-state index < -0.39 is 6.10 Å². The van der Waals surface area contributed by atoms with Crippen molar-refractivity contribution in [2.24, 2.45) is 0 Å². The summed E-state index contributed by atoms with van der Waals surface area (Å²) in [6.07, 6.45) is -1.33. The summed E-state index contributed by atoms with van der Waals surface area (Å²) in [4.78, 5) is 17.3. The summed E-state index contributed by atoms with van der Waals surface area (Å²) in [7, 11) is 0. The third-order valence-corrected chi connectivity index (χ3v) is 4.64. The molecule has 2 N–H and O–H groups in total. The number of aliphatic hydroxyl groups is 1. The van der Waals surface area contributed by atoms with Gasteiger partial charge in [-0.1, -0.05) is 0 Å². The van der Waals surface area contributed by atoms with Crippen LogP contribution in [0.4, 0.5) is 0 Å². The molecule has 4 heterocycles. The molecule has 8 nitrogen and oxygen atoms in total. The molecule has 8 heteroatoms. The number of aromatic nitrogens is 3. The third kappa shape index (κ3) is 2.29. The zero-order chi connectivity index (χ0) is 17.0. The fourth-order valence-corrected chi connectivity index (χ4v) is 3.54. The Kier molecular flexibility index (Phi) is 3.56. The number of ether oxygens (including phenoxy) is 2. The zero-order valence-corrected chi connectivity index (χ0v) is 13.8. The van der Waals surface area contributed by atoms with Gasteiger partial charge < -0.3 is 19.9 Å². The fourth-order valence-electron chi connectivity index (χ4n) is 3.54. The van der Waals surface area contributed by atoms with Crippen LogP contribution < -0.4 is 5.32 Å². The van der Waals surface area contributed by atoms with Crippen LogP contribution >= 0.6 is 0 Å². The normalized spacial score (nSPS) is 29.2. The number of fused-ring (bicyclic) bond motifs is 2. The molecular formula is C16H20N4O4. The molecular weight excluding hydrogens is 312 g/mol. The molecule has 2 aromatic heterocycles. The second kappa shape index (κ2) is 5.51. The highest BCUT2D eigenvalue weighted by Crippen LogP contribution is 2.27. The Labute approximate surface area is 138 Å². The lowest BCUT2D eigenvalue weighted by molar-refractivity contribution is 0.0178. The quantitative estimate of drug-likeness (QED) is 0.798. The average molecular weight is 332 g/mol. The van der Waals surface area contributed by atoms with Gasteiger partial charge in [0.25, 0.3) is 5.91 Å². The molecule has 4 atom stereocenters. The van der Waals surface area contributed by atoms with Crippen LogP contribution in [-0.2, 0) is 9.47 Å². The van der Waals surface area contributed by atoms with Crippen LogP contribution in [0.1, 0.15) is 27.4 Å². The molecule has 0 saturated carbocycles. The number of aliphatic hydroxyl groups excluding tert-OH is 1. The second-order valence-corrected chi connectivity index (χ2v) is 6.48. The Balaban J connectivity index is 1.63. The number of carbonyl (C=O) groups excluding carboxylic acids is 1. The Morgan fingerprint density at radius 1 is 1.29 bits per heavy atom. The van der Waals surface area contributed by atoms with Crippen molar-refractivity contribution in [3.05, 3.63) is 28.7 Å². The van der Waals surface area contributed by atoms with E-state index in [0.717, 1.165) is 11.4 Å². The van der Waals surface area contributed by atoms with Gasteiger partial charge in [-0.05, 0) is 26.8 Å². The minimum Gasteiger partial charge on any atom is -0.388 e. The Morgan fingerprint density at radius 3 is 2.83 bits per heavy atom.